The quantitative estimate of drug-likeness (QED) is 0.394. The van der Waals surface area contributed by atoms with Gasteiger partial charge >= 0.3 is 0 Å². The second-order valence-electron chi connectivity index (χ2n) is 10.5. The van der Waals surface area contributed by atoms with E-state index in [1.165, 1.54) is 24.3 Å². The lowest BCUT2D eigenvalue weighted by Crippen LogP contribution is -2.58. The number of nitrogens with zero attached hydrogens (tertiary/aromatic N) is 2. The van der Waals surface area contributed by atoms with Gasteiger partial charge in [0.05, 0.1) is 25.7 Å². The molecule has 0 bridgehead atoms. The van der Waals surface area contributed by atoms with Crippen LogP contribution in [0.1, 0.15) is 47.2 Å². The van der Waals surface area contributed by atoms with Crippen molar-refractivity contribution in [2.45, 2.75) is 50.3 Å². The molecule has 2 amide bonds. The summed E-state index contributed by atoms with van der Waals surface area (Å²) in [6, 6.07) is 17.6. The number of hydrogen-bond donors (Lipinski definition) is 1. The van der Waals surface area contributed by atoms with Crippen LogP contribution in [0.5, 0.6) is 5.75 Å². The second kappa shape index (κ2) is 11.9. The van der Waals surface area contributed by atoms with Crippen molar-refractivity contribution in [1.29, 1.82) is 0 Å². The number of ether oxygens (including phenoxy) is 1. The number of likely N-dealkylation sites (tertiary alicyclic amines) is 2. The van der Waals surface area contributed by atoms with Crippen molar-refractivity contribution >= 4 is 23.4 Å². The fourth-order valence-corrected chi connectivity index (χ4v) is 6.19. The maximum absolute atomic E-state index is 14.6. The number of amides is 2. The predicted molar refractivity (Wildman–Crippen MR) is 147 cm³/mol. The Balaban J connectivity index is 1.33. The first-order valence-corrected chi connectivity index (χ1v) is 13.8. The fraction of sp³-hybridized carbons (Fsp3) is 0.355. The first-order chi connectivity index (χ1) is 19.3. The lowest BCUT2D eigenvalue weighted by atomic mass is 9.84. The summed E-state index contributed by atoms with van der Waals surface area (Å²) in [5, 5.41) is 9.68. The number of halogens is 3. The van der Waals surface area contributed by atoms with E-state index in [2.05, 4.69) is 0 Å². The summed E-state index contributed by atoms with van der Waals surface area (Å²) in [7, 11) is 0. The Labute approximate surface area is 237 Å². The van der Waals surface area contributed by atoms with Gasteiger partial charge in [0, 0.05) is 34.8 Å². The zero-order valence-electron chi connectivity index (χ0n) is 22.0. The average Bonchev–Trinajstić information content (AvgIpc) is 3.30. The summed E-state index contributed by atoms with van der Waals surface area (Å²) in [5.74, 6) is -2.43. The van der Waals surface area contributed by atoms with E-state index in [9.17, 15) is 23.5 Å². The minimum Gasteiger partial charge on any atom is -0.505 e. The minimum absolute atomic E-state index is 0.159. The largest absolute Gasteiger partial charge is 0.505 e. The fourth-order valence-electron chi connectivity index (χ4n) is 5.96. The van der Waals surface area contributed by atoms with E-state index >= 15 is 0 Å². The van der Waals surface area contributed by atoms with E-state index < -0.39 is 22.9 Å². The van der Waals surface area contributed by atoms with Crippen LogP contribution in [0.4, 0.5) is 8.78 Å². The molecule has 0 saturated carbocycles. The molecule has 2 saturated heterocycles. The highest BCUT2D eigenvalue weighted by molar-refractivity contribution is 6.31. The van der Waals surface area contributed by atoms with Gasteiger partial charge in [-0.2, -0.15) is 0 Å². The van der Waals surface area contributed by atoms with Gasteiger partial charge in [-0.15, -0.1) is 0 Å². The molecule has 2 aliphatic rings. The van der Waals surface area contributed by atoms with E-state index in [1.54, 1.807) is 11.0 Å². The van der Waals surface area contributed by atoms with Crippen molar-refractivity contribution in [3.8, 4) is 5.75 Å². The van der Waals surface area contributed by atoms with Gasteiger partial charge in [0.1, 0.15) is 5.82 Å². The van der Waals surface area contributed by atoms with Crippen molar-refractivity contribution < 1.29 is 28.2 Å². The summed E-state index contributed by atoms with van der Waals surface area (Å²) in [5.41, 5.74) is 0.852. The van der Waals surface area contributed by atoms with E-state index in [0.29, 0.717) is 39.1 Å². The maximum atomic E-state index is 14.6. The van der Waals surface area contributed by atoms with Crippen LogP contribution in [0.3, 0.4) is 0 Å². The van der Waals surface area contributed by atoms with Crippen molar-refractivity contribution in [2.75, 3.05) is 19.7 Å². The summed E-state index contributed by atoms with van der Waals surface area (Å²) in [6.45, 7) is 1.51. The first-order valence-electron chi connectivity index (χ1n) is 13.4. The Morgan fingerprint density at radius 2 is 1.73 bits per heavy atom. The van der Waals surface area contributed by atoms with E-state index in [4.69, 9.17) is 16.3 Å². The van der Waals surface area contributed by atoms with Gasteiger partial charge in [-0.3, -0.25) is 9.59 Å². The summed E-state index contributed by atoms with van der Waals surface area (Å²) < 4.78 is 34.5. The highest BCUT2D eigenvalue weighted by Crippen LogP contribution is 2.43. The maximum Gasteiger partial charge on any atom is 0.253 e. The molecule has 5 rings (SSSR count). The molecule has 40 heavy (non-hydrogen) atoms. The van der Waals surface area contributed by atoms with Gasteiger partial charge in [-0.05, 0) is 61.6 Å². The van der Waals surface area contributed by atoms with Gasteiger partial charge < -0.3 is 19.6 Å². The van der Waals surface area contributed by atoms with Crippen LogP contribution in [-0.2, 0) is 22.6 Å². The number of carbonyl (C=O) groups is 2. The predicted octanol–water partition coefficient (Wildman–Crippen LogP) is 5.75. The molecule has 0 aromatic heterocycles. The molecular formula is C31H31ClF2N2O4. The van der Waals surface area contributed by atoms with Crippen LogP contribution < -0.4 is 0 Å². The Hall–Kier alpha value is -3.49. The van der Waals surface area contributed by atoms with Gasteiger partial charge in [0.2, 0.25) is 5.91 Å². The van der Waals surface area contributed by atoms with Crippen LogP contribution in [-0.4, -0.2) is 58.0 Å². The second-order valence-corrected chi connectivity index (χ2v) is 10.9. The first kappa shape index (κ1) is 28.1. The van der Waals surface area contributed by atoms with Crippen molar-refractivity contribution in [3.63, 3.8) is 0 Å². The van der Waals surface area contributed by atoms with E-state index in [0.717, 1.165) is 24.5 Å². The smallest absolute Gasteiger partial charge is 0.253 e. The number of phenols is 1. The molecule has 0 radical (unpaired) electrons. The molecular weight excluding hydrogens is 538 g/mol. The zero-order valence-corrected chi connectivity index (χ0v) is 22.7. The van der Waals surface area contributed by atoms with Gasteiger partial charge in [-0.1, -0.05) is 48.0 Å². The number of piperidine rings is 1. The summed E-state index contributed by atoms with van der Waals surface area (Å²) >= 11 is 6.26. The number of hydrogen-bond acceptors (Lipinski definition) is 4. The lowest BCUT2D eigenvalue weighted by Gasteiger charge is -2.46. The molecule has 2 fully saturated rings. The van der Waals surface area contributed by atoms with E-state index in [1.807, 2.05) is 35.2 Å². The Morgan fingerprint density at radius 3 is 2.42 bits per heavy atom. The third-order valence-electron chi connectivity index (χ3n) is 8.08. The van der Waals surface area contributed by atoms with Crippen LogP contribution in [0, 0.1) is 11.6 Å². The van der Waals surface area contributed by atoms with Crippen molar-refractivity contribution in [1.82, 2.24) is 9.80 Å². The zero-order chi connectivity index (χ0) is 28.3. The molecule has 0 aliphatic carbocycles. The Bertz CT molecular complexity index is 1360. The Kier molecular flexibility index (Phi) is 8.38. The molecule has 9 heteroatoms. The van der Waals surface area contributed by atoms with Crippen LogP contribution >= 0.6 is 11.6 Å². The number of benzene rings is 3. The van der Waals surface area contributed by atoms with Crippen LogP contribution in [0.25, 0.3) is 0 Å². The topological polar surface area (TPSA) is 70.1 Å². The third-order valence-corrected chi connectivity index (χ3v) is 8.43. The molecule has 3 aromatic rings. The highest BCUT2D eigenvalue weighted by atomic mass is 35.5. The monoisotopic (exact) mass is 568 g/mol. The Morgan fingerprint density at radius 1 is 0.975 bits per heavy atom. The van der Waals surface area contributed by atoms with E-state index in [-0.39, 0.29) is 40.4 Å². The molecule has 6 nitrogen and oxygen atoms in total. The molecule has 3 aromatic carbocycles. The number of phenolic OH excluding ortho intramolecular Hbond substituents is 1. The molecule has 1 spiro atoms. The standard InChI is InChI=1S/C31H31ClF2N2O4/c32-25-7-4-8-26(33)24(25)18-29(38)36-23(20-40-19-21-5-2-1-3-6-21)11-12-31(36)13-15-35(16-14-31)30(39)22-9-10-28(37)27(34)17-22/h1-10,17,23,37H,11-16,18-20H2. The number of rotatable bonds is 7. The van der Waals surface area contributed by atoms with Gasteiger partial charge in [-0.25, -0.2) is 8.78 Å². The molecule has 2 heterocycles. The summed E-state index contributed by atoms with van der Waals surface area (Å²) in [4.78, 5) is 30.4. The molecule has 2 aliphatic heterocycles. The number of aromatic hydroxyl groups is 1. The molecule has 210 valence electrons. The SMILES string of the molecule is O=C(c1ccc(O)c(F)c1)N1CCC2(CCC(COCc3ccccc3)N2C(=O)Cc2c(F)cccc2Cl)CC1. The van der Waals surface area contributed by atoms with Gasteiger partial charge in [0.15, 0.2) is 11.6 Å². The average molecular weight is 569 g/mol. The normalized spacial score (nSPS) is 18.3. The summed E-state index contributed by atoms with van der Waals surface area (Å²) in [6.07, 6.45) is 2.36. The van der Waals surface area contributed by atoms with Crippen molar-refractivity contribution in [2.24, 2.45) is 0 Å². The van der Waals surface area contributed by atoms with Crippen LogP contribution in [0.2, 0.25) is 5.02 Å². The van der Waals surface area contributed by atoms with Crippen LogP contribution in [0.15, 0.2) is 66.7 Å². The minimum atomic E-state index is -0.850. The molecule has 1 atom stereocenters. The molecule has 1 unspecified atom stereocenters. The van der Waals surface area contributed by atoms with Gasteiger partial charge in [0.25, 0.3) is 5.91 Å². The third kappa shape index (κ3) is 5.83. The molecule has 1 N–H and O–H groups in total. The van der Waals surface area contributed by atoms with Crippen molar-refractivity contribution in [3.05, 3.63) is 100 Å². The lowest BCUT2D eigenvalue weighted by molar-refractivity contribution is -0.140. The highest BCUT2D eigenvalue weighted by Gasteiger charge is 2.50. The number of carbonyl (C=O) groups excluding carboxylic acids is 2.